The van der Waals surface area contributed by atoms with E-state index in [1.54, 1.807) is 11.9 Å². The lowest BCUT2D eigenvalue weighted by Gasteiger charge is -2.42. The minimum absolute atomic E-state index is 0.204. The van der Waals surface area contributed by atoms with E-state index in [9.17, 15) is 9.59 Å². The molecule has 0 N–H and O–H groups in total. The second kappa shape index (κ2) is 8.63. The van der Waals surface area contributed by atoms with Gasteiger partial charge >= 0.3 is 6.03 Å². The Bertz CT molecular complexity index is 1010. The highest BCUT2D eigenvalue weighted by Gasteiger charge is 2.52. The Hall–Kier alpha value is -3.39. The second-order valence-corrected chi connectivity index (χ2v) is 8.30. The van der Waals surface area contributed by atoms with Gasteiger partial charge in [0.15, 0.2) is 18.2 Å². The third-order valence-corrected chi connectivity index (χ3v) is 6.24. The molecule has 3 aliphatic rings. The van der Waals surface area contributed by atoms with Gasteiger partial charge in [0.1, 0.15) is 0 Å². The number of benzene rings is 2. The van der Waals surface area contributed by atoms with Gasteiger partial charge in [-0.2, -0.15) is 0 Å². The van der Waals surface area contributed by atoms with Crippen LogP contribution in [0.4, 0.5) is 4.79 Å². The molecule has 2 atom stereocenters. The minimum atomic E-state index is -0.556. The number of morpholine rings is 1. The first-order valence-electron chi connectivity index (χ1n) is 11.0. The van der Waals surface area contributed by atoms with Gasteiger partial charge in [-0.3, -0.25) is 9.69 Å². The molecule has 3 heterocycles. The first-order chi connectivity index (χ1) is 15.6. The summed E-state index contributed by atoms with van der Waals surface area (Å²) >= 11 is 0. The molecule has 0 unspecified atom stereocenters. The van der Waals surface area contributed by atoms with Crippen molar-refractivity contribution < 1.29 is 14.3 Å². The highest BCUT2D eigenvalue weighted by molar-refractivity contribution is 6.03. The van der Waals surface area contributed by atoms with Crippen LogP contribution in [0.2, 0.25) is 0 Å². The van der Waals surface area contributed by atoms with Crippen molar-refractivity contribution in [3.05, 3.63) is 71.8 Å². The molecule has 0 bridgehead atoms. The van der Waals surface area contributed by atoms with Crippen molar-refractivity contribution in [3.8, 4) is 0 Å². The summed E-state index contributed by atoms with van der Waals surface area (Å²) in [6.07, 6.45) is -0.538. The van der Waals surface area contributed by atoms with Crippen LogP contribution in [0.25, 0.3) is 0 Å². The number of aliphatic imine (C=N–C) groups is 1. The van der Waals surface area contributed by atoms with Gasteiger partial charge in [-0.1, -0.05) is 60.7 Å². The van der Waals surface area contributed by atoms with Gasteiger partial charge in [0.25, 0.3) is 5.91 Å². The summed E-state index contributed by atoms with van der Waals surface area (Å²) in [5.74, 6) is 0.562. The van der Waals surface area contributed by atoms with Crippen LogP contribution in [0.3, 0.4) is 0 Å². The molecule has 0 aliphatic carbocycles. The molecule has 0 aromatic heterocycles. The Labute approximate surface area is 187 Å². The van der Waals surface area contributed by atoms with Crippen molar-refractivity contribution in [1.82, 2.24) is 19.6 Å². The SMILES string of the molecule is CN1C(=O)N(Cc2ccccc2)C(=O)[C@@H]2[C@H]1N=C(N1CCOCC1)N2Cc1ccccc1. The van der Waals surface area contributed by atoms with Gasteiger partial charge in [-0.25, -0.2) is 9.79 Å². The minimum Gasteiger partial charge on any atom is -0.378 e. The molecule has 32 heavy (non-hydrogen) atoms. The lowest BCUT2D eigenvalue weighted by molar-refractivity contribution is -0.138. The van der Waals surface area contributed by atoms with E-state index in [-0.39, 0.29) is 18.5 Å². The summed E-state index contributed by atoms with van der Waals surface area (Å²) in [5, 5.41) is 0. The topological polar surface area (TPSA) is 68.7 Å². The summed E-state index contributed by atoms with van der Waals surface area (Å²) in [7, 11) is 1.73. The van der Waals surface area contributed by atoms with E-state index in [0.717, 1.165) is 17.1 Å². The second-order valence-electron chi connectivity index (χ2n) is 8.30. The summed E-state index contributed by atoms with van der Waals surface area (Å²) in [5.41, 5.74) is 2.01. The maximum Gasteiger partial charge on any atom is 0.328 e. The van der Waals surface area contributed by atoms with Crippen LogP contribution in [-0.4, -0.2) is 83.1 Å². The molecule has 2 saturated heterocycles. The van der Waals surface area contributed by atoms with Gasteiger partial charge in [0.05, 0.1) is 19.8 Å². The third kappa shape index (κ3) is 3.71. The Kier molecular flexibility index (Phi) is 5.53. The van der Waals surface area contributed by atoms with E-state index >= 15 is 0 Å². The fraction of sp³-hybridized carbons (Fsp3) is 0.375. The van der Waals surface area contributed by atoms with Crippen molar-refractivity contribution in [2.24, 2.45) is 4.99 Å². The molecule has 0 saturated carbocycles. The monoisotopic (exact) mass is 433 g/mol. The van der Waals surface area contributed by atoms with Crippen molar-refractivity contribution in [2.75, 3.05) is 33.4 Å². The summed E-state index contributed by atoms with van der Waals surface area (Å²) in [6.45, 7) is 3.46. The molecule has 2 aromatic rings. The average molecular weight is 434 g/mol. The quantitative estimate of drug-likeness (QED) is 0.738. The lowest BCUT2D eigenvalue weighted by atomic mass is 10.1. The standard InChI is InChI=1S/C24H27N5O3/c1-26-21-20(22(30)29(24(26)31)17-19-10-6-3-7-11-19)28(16-18-8-4-2-5-9-18)23(25-21)27-12-14-32-15-13-27/h2-11,20-21H,12-17H2,1H3/t20-,21-/m0/s1. The zero-order chi connectivity index (χ0) is 22.1. The van der Waals surface area contributed by atoms with Crippen LogP contribution in [0.5, 0.6) is 0 Å². The lowest BCUT2D eigenvalue weighted by Crippen LogP contribution is -2.65. The van der Waals surface area contributed by atoms with Gasteiger partial charge in [0, 0.05) is 26.7 Å². The molecule has 3 aliphatic heterocycles. The van der Waals surface area contributed by atoms with Crippen molar-refractivity contribution in [1.29, 1.82) is 0 Å². The predicted octanol–water partition coefficient (Wildman–Crippen LogP) is 1.98. The van der Waals surface area contributed by atoms with E-state index in [1.807, 2.05) is 60.7 Å². The molecular formula is C24H27N5O3. The Morgan fingerprint density at radius 2 is 1.50 bits per heavy atom. The zero-order valence-corrected chi connectivity index (χ0v) is 18.1. The Morgan fingerprint density at radius 3 is 2.12 bits per heavy atom. The molecular weight excluding hydrogens is 406 g/mol. The summed E-state index contributed by atoms with van der Waals surface area (Å²) in [6, 6.07) is 18.8. The van der Waals surface area contributed by atoms with E-state index in [2.05, 4.69) is 9.80 Å². The maximum atomic E-state index is 13.7. The maximum absolute atomic E-state index is 13.7. The van der Waals surface area contributed by atoms with Gasteiger partial charge in [-0.05, 0) is 11.1 Å². The predicted molar refractivity (Wildman–Crippen MR) is 120 cm³/mol. The highest BCUT2D eigenvalue weighted by Crippen LogP contribution is 2.31. The number of amides is 3. The summed E-state index contributed by atoms with van der Waals surface area (Å²) in [4.78, 5) is 38.9. The molecule has 166 valence electrons. The molecule has 8 heteroatoms. The number of carbonyl (C=O) groups excluding carboxylic acids is 2. The number of ether oxygens (including phenoxy) is 1. The largest absolute Gasteiger partial charge is 0.378 e. The fourth-order valence-corrected chi connectivity index (χ4v) is 4.55. The number of carbonyl (C=O) groups is 2. The van der Waals surface area contributed by atoms with E-state index in [4.69, 9.17) is 9.73 Å². The van der Waals surface area contributed by atoms with Crippen molar-refractivity contribution in [2.45, 2.75) is 25.3 Å². The number of nitrogens with zero attached hydrogens (tertiary/aromatic N) is 5. The third-order valence-electron chi connectivity index (χ3n) is 6.24. The molecule has 5 rings (SSSR count). The number of hydrogen-bond acceptors (Lipinski definition) is 6. The van der Waals surface area contributed by atoms with Crippen LogP contribution >= 0.6 is 0 Å². The molecule has 3 amide bonds. The normalized spacial score (nSPS) is 23.5. The number of guanidine groups is 1. The van der Waals surface area contributed by atoms with Crippen molar-refractivity contribution >= 4 is 17.9 Å². The number of fused-ring (bicyclic) bond motifs is 1. The molecule has 0 radical (unpaired) electrons. The van der Waals surface area contributed by atoms with Gasteiger partial charge in [-0.15, -0.1) is 0 Å². The smallest absolute Gasteiger partial charge is 0.328 e. The number of likely N-dealkylation sites (N-methyl/N-ethyl adjacent to an activating group) is 1. The molecule has 8 nitrogen and oxygen atoms in total. The molecule has 2 fully saturated rings. The van der Waals surface area contributed by atoms with Crippen LogP contribution in [0, 0.1) is 0 Å². The summed E-state index contributed by atoms with van der Waals surface area (Å²) < 4.78 is 5.52. The zero-order valence-electron chi connectivity index (χ0n) is 18.1. The van der Waals surface area contributed by atoms with Gasteiger partial charge in [0.2, 0.25) is 0 Å². The Morgan fingerprint density at radius 1 is 0.906 bits per heavy atom. The van der Waals surface area contributed by atoms with E-state index in [0.29, 0.717) is 32.8 Å². The number of urea groups is 1. The average Bonchev–Trinajstić information content (AvgIpc) is 3.22. The fourth-order valence-electron chi connectivity index (χ4n) is 4.55. The number of hydrogen-bond donors (Lipinski definition) is 0. The van der Waals surface area contributed by atoms with Crippen LogP contribution in [0.15, 0.2) is 65.7 Å². The molecule has 0 spiro atoms. The Balaban J connectivity index is 1.48. The van der Waals surface area contributed by atoms with E-state index < -0.39 is 12.2 Å². The van der Waals surface area contributed by atoms with Crippen molar-refractivity contribution in [3.63, 3.8) is 0 Å². The highest BCUT2D eigenvalue weighted by atomic mass is 16.5. The first-order valence-corrected chi connectivity index (χ1v) is 11.0. The first kappa shape index (κ1) is 20.5. The van der Waals surface area contributed by atoms with Crippen LogP contribution in [-0.2, 0) is 22.6 Å². The van der Waals surface area contributed by atoms with E-state index in [1.165, 1.54) is 4.90 Å². The van der Waals surface area contributed by atoms with Crippen LogP contribution in [0.1, 0.15) is 11.1 Å². The van der Waals surface area contributed by atoms with Gasteiger partial charge < -0.3 is 19.4 Å². The number of rotatable bonds is 4. The molecule has 2 aromatic carbocycles. The van der Waals surface area contributed by atoms with Crippen LogP contribution < -0.4 is 0 Å². The number of imide groups is 1.